The third-order valence-corrected chi connectivity index (χ3v) is 1.90. The lowest BCUT2D eigenvalue weighted by Crippen LogP contribution is -2.36. The lowest BCUT2D eigenvalue weighted by atomic mass is 10.5. The van der Waals surface area contributed by atoms with E-state index in [1.54, 1.807) is 0 Å². The van der Waals surface area contributed by atoms with Gasteiger partial charge in [0.25, 0.3) is 0 Å². The van der Waals surface area contributed by atoms with Gasteiger partial charge in [-0.3, -0.25) is 9.69 Å². The van der Waals surface area contributed by atoms with Crippen molar-refractivity contribution in [1.82, 2.24) is 10.2 Å². The first-order chi connectivity index (χ1) is 5.22. The van der Waals surface area contributed by atoms with E-state index in [1.165, 1.54) is 12.8 Å². The van der Waals surface area contributed by atoms with E-state index in [4.69, 9.17) is 0 Å². The molecule has 1 fully saturated rings. The Bertz CT molecular complexity index is 143. The number of amides is 1. The molecule has 0 atom stereocenters. The van der Waals surface area contributed by atoms with Crippen molar-refractivity contribution in [2.45, 2.75) is 25.8 Å². The highest BCUT2D eigenvalue weighted by molar-refractivity contribution is 5.78. The van der Waals surface area contributed by atoms with Crippen molar-refractivity contribution in [1.29, 1.82) is 0 Å². The van der Waals surface area contributed by atoms with E-state index in [-0.39, 0.29) is 5.91 Å². The molecule has 0 unspecified atom stereocenters. The third kappa shape index (κ3) is 3.37. The average Bonchev–Trinajstić information content (AvgIpc) is 2.71. The van der Waals surface area contributed by atoms with E-state index >= 15 is 0 Å². The fourth-order valence-corrected chi connectivity index (χ4v) is 0.858. The zero-order valence-corrected chi connectivity index (χ0v) is 7.26. The molecule has 1 aliphatic carbocycles. The van der Waals surface area contributed by atoms with Crippen LogP contribution in [0.1, 0.15) is 19.8 Å². The van der Waals surface area contributed by atoms with Gasteiger partial charge in [0, 0.05) is 6.04 Å². The van der Waals surface area contributed by atoms with E-state index in [2.05, 4.69) is 5.32 Å². The van der Waals surface area contributed by atoms with Gasteiger partial charge in [-0.25, -0.2) is 0 Å². The fraction of sp³-hybridized carbons (Fsp3) is 0.875. The summed E-state index contributed by atoms with van der Waals surface area (Å²) >= 11 is 0. The van der Waals surface area contributed by atoms with Crippen molar-refractivity contribution < 1.29 is 4.79 Å². The molecule has 64 valence electrons. The second kappa shape index (κ2) is 3.72. The Morgan fingerprint density at radius 1 is 1.64 bits per heavy atom. The largest absolute Gasteiger partial charge is 0.352 e. The van der Waals surface area contributed by atoms with Crippen molar-refractivity contribution >= 4 is 5.91 Å². The highest BCUT2D eigenvalue weighted by Gasteiger charge is 2.23. The molecular formula is C8H16N2O. The normalized spacial score (nSPS) is 17.0. The van der Waals surface area contributed by atoms with Crippen molar-refractivity contribution in [3.05, 3.63) is 0 Å². The molecule has 1 rings (SSSR count). The molecule has 1 N–H and O–H groups in total. The molecule has 0 spiro atoms. The molecule has 0 aromatic carbocycles. The first kappa shape index (κ1) is 8.53. The summed E-state index contributed by atoms with van der Waals surface area (Å²) in [6, 6.07) is 0.493. The zero-order valence-electron chi connectivity index (χ0n) is 7.26. The molecule has 0 aromatic heterocycles. The molecule has 0 heterocycles. The van der Waals surface area contributed by atoms with Gasteiger partial charge in [0.2, 0.25) is 5.91 Å². The first-order valence-electron chi connectivity index (χ1n) is 4.20. The standard InChI is InChI=1S/C8H16N2O/c1-3-10(2)6-8(11)9-7-4-5-7/h7H,3-6H2,1-2H3,(H,9,11). The Kier molecular flexibility index (Phi) is 2.88. The van der Waals surface area contributed by atoms with Crippen LogP contribution in [0.2, 0.25) is 0 Å². The van der Waals surface area contributed by atoms with Crippen molar-refractivity contribution in [2.75, 3.05) is 20.1 Å². The Balaban J connectivity index is 2.08. The molecule has 0 aliphatic heterocycles. The number of carbonyl (C=O) groups is 1. The zero-order chi connectivity index (χ0) is 8.27. The molecule has 3 heteroatoms. The minimum Gasteiger partial charge on any atom is -0.352 e. The van der Waals surface area contributed by atoms with Gasteiger partial charge in [0.05, 0.1) is 6.54 Å². The second-order valence-electron chi connectivity index (χ2n) is 3.17. The van der Waals surface area contributed by atoms with Gasteiger partial charge in [0.15, 0.2) is 0 Å². The predicted octanol–water partition coefficient (Wildman–Crippen LogP) is 0.217. The molecule has 0 radical (unpaired) electrons. The van der Waals surface area contributed by atoms with Gasteiger partial charge < -0.3 is 5.32 Å². The molecule has 0 bridgehead atoms. The van der Waals surface area contributed by atoms with Crippen LogP contribution in [0.25, 0.3) is 0 Å². The van der Waals surface area contributed by atoms with Crippen LogP contribution in [0.5, 0.6) is 0 Å². The average molecular weight is 156 g/mol. The van der Waals surface area contributed by atoms with Gasteiger partial charge >= 0.3 is 0 Å². The molecule has 0 saturated heterocycles. The van der Waals surface area contributed by atoms with Gasteiger partial charge in [-0.2, -0.15) is 0 Å². The van der Waals surface area contributed by atoms with E-state index in [0.29, 0.717) is 12.6 Å². The Labute approximate surface area is 67.8 Å². The van der Waals surface area contributed by atoms with Crippen LogP contribution in [0.3, 0.4) is 0 Å². The maximum atomic E-state index is 11.1. The first-order valence-corrected chi connectivity index (χ1v) is 4.20. The lowest BCUT2D eigenvalue weighted by Gasteiger charge is -2.12. The quantitative estimate of drug-likeness (QED) is 0.631. The number of likely N-dealkylation sites (N-methyl/N-ethyl adjacent to an activating group) is 1. The summed E-state index contributed by atoms with van der Waals surface area (Å²) in [4.78, 5) is 13.1. The Morgan fingerprint density at radius 3 is 2.73 bits per heavy atom. The summed E-state index contributed by atoms with van der Waals surface area (Å²) in [7, 11) is 1.95. The molecule has 3 nitrogen and oxygen atoms in total. The minimum absolute atomic E-state index is 0.164. The predicted molar refractivity (Wildman–Crippen MR) is 44.3 cm³/mol. The van der Waals surface area contributed by atoms with Crippen molar-refractivity contribution in [3.8, 4) is 0 Å². The van der Waals surface area contributed by atoms with E-state index < -0.39 is 0 Å². The SMILES string of the molecule is CCN(C)CC(=O)NC1CC1. The maximum Gasteiger partial charge on any atom is 0.234 e. The van der Waals surface area contributed by atoms with Crippen LogP contribution in [0.15, 0.2) is 0 Å². The number of hydrogen-bond acceptors (Lipinski definition) is 2. The number of hydrogen-bond donors (Lipinski definition) is 1. The van der Waals surface area contributed by atoms with E-state index in [1.807, 2.05) is 18.9 Å². The summed E-state index contributed by atoms with van der Waals surface area (Å²) in [5.41, 5.74) is 0. The van der Waals surface area contributed by atoms with Crippen molar-refractivity contribution in [2.24, 2.45) is 0 Å². The third-order valence-electron chi connectivity index (χ3n) is 1.90. The molecule has 1 saturated carbocycles. The van der Waals surface area contributed by atoms with E-state index in [9.17, 15) is 4.79 Å². The van der Waals surface area contributed by atoms with Crippen molar-refractivity contribution in [3.63, 3.8) is 0 Å². The van der Waals surface area contributed by atoms with Crippen LogP contribution in [0, 0.1) is 0 Å². The van der Waals surface area contributed by atoms with Crippen LogP contribution in [-0.4, -0.2) is 37.0 Å². The molecule has 1 amide bonds. The monoisotopic (exact) mass is 156 g/mol. The smallest absolute Gasteiger partial charge is 0.234 e. The summed E-state index contributed by atoms with van der Waals surface area (Å²) < 4.78 is 0. The van der Waals surface area contributed by atoms with Crippen LogP contribution in [-0.2, 0) is 4.79 Å². The molecule has 1 aliphatic rings. The van der Waals surface area contributed by atoms with Crippen LogP contribution >= 0.6 is 0 Å². The highest BCUT2D eigenvalue weighted by Crippen LogP contribution is 2.18. The number of carbonyl (C=O) groups excluding carboxylic acids is 1. The van der Waals surface area contributed by atoms with Gasteiger partial charge in [-0.1, -0.05) is 6.92 Å². The minimum atomic E-state index is 0.164. The summed E-state index contributed by atoms with van der Waals surface area (Å²) in [6.45, 7) is 3.51. The summed E-state index contributed by atoms with van der Waals surface area (Å²) in [5.74, 6) is 0.164. The highest BCUT2D eigenvalue weighted by atomic mass is 16.2. The van der Waals surface area contributed by atoms with E-state index in [0.717, 1.165) is 6.54 Å². The fourth-order valence-electron chi connectivity index (χ4n) is 0.858. The summed E-state index contributed by atoms with van der Waals surface area (Å²) in [5, 5.41) is 2.94. The molecular weight excluding hydrogens is 140 g/mol. The molecule has 0 aromatic rings. The lowest BCUT2D eigenvalue weighted by molar-refractivity contribution is -0.122. The van der Waals surface area contributed by atoms with Gasteiger partial charge in [0.1, 0.15) is 0 Å². The number of rotatable bonds is 4. The van der Waals surface area contributed by atoms with Gasteiger partial charge in [-0.05, 0) is 26.4 Å². The van der Waals surface area contributed by atoms with Crippen LogP contribution in [0.4, 0.5) is 0 Å². The number of nitrogens with zero attached hydrogens (tertiary/aromatic N) is 1. The maximum absolute atomic E-state index is 11.1. The Morgan fingerprint density at radius 2 is 2.27 bits per heavy atom. The number of nitrogens with one attached hydrogen (secondary N) is 1. The summed E-state index contributed by atoms with van der Waals surface area (Å²) in [6.07, 6.45) is 2.34. The topological polar surface area (TPSA) is 32.3 Å². The second-order valence-corrected chi connectivity index (χ2v) is 3.17. The van der Waals surface area contributed by atoms with Gasteiger partial charge in [-0.15, -0.1) is 0 Å². The molecule has 11 heavy (non-hydrogen) atoms. The van der Waals surface area contributed by atoms with Crippen LogP contribution < -0.4 is 5.32 Å². The Hall–Kier alpha value is -0.570.